The fourth-order valence-electron chi connectivity index (χ4n) is 1.63. The normalized spacial score (nSPS) is 13.2. The van der Waals surface area contributed by atoms with Crippen LogP contribution in [0.15, 0.2) is 24.3 Å². The lowest BCUT2D eigenvalue weighted by Gasteiger charge is -2.27. The molecule has 0 aliphatic heterocycles. The van der Waals surface area contributed by atoms with E-state index >= 15 is 0 Å². The predicted molar refractivity (Wildman–Crippen MR) is 79.5 cm³/mol. The number of carboxylic acids is 1. The highest BCUT2D eigenvalue weighted by atomic mass is 35.5. The lowest BCUT2D eigenvalue weighted by atomic mass is 9.87. The summed E-state index contributed by atoms with van der Waals surface area (Å²) in [7, 11) is 0. The first kappa shape index (κ1) is 17.2. The van der Waals surface area contributed by atoms with Crippen molar-refractivity contribution < 1.29 is 19.1 Å². The Hall–Kier alpha value is -1.88. The van der Waals surface area contributed by atoms with Gasteiger partial charge in [-0.25, -0.2) is 9.18 Å². The van der Waals surface area contributed by atoms with Gasteiger partial charge in [0.15, 0.2) is 0 Å². The maximum atomic E-state index is 13.0. The summed E-state index contributed by atoms with van der Waals surface area (Å²) in [5, 5.41) is 11.5. The number of amides is 1. The van der Waals surface area contributed by atoms with Gasteiger partial charge < -0.3 is 10.4 Å². The molecule has 21 heavy (non-hydrogen) atoms. The second-order valence-corrected chi connectivity index (χ2v) is 6.06. The van der Waals surface area contributed by atoms with Gasteiger partial charge in [0.05, 0.1) is 5.02 Å². The van der Waals surface area contributed by atoms with Crippen LogP contribution in [0.25, 0.3) is 6.08 Å². The van der Waals surface area contributed by atoms with E-state index in [4.69, 9.17) is 16.7 Å². The van der Waals surface area contributed by atoms with Crippen LogP contribution >= 0.6 is 11.6 Å². The number of aliphatic carboxylic acids is 1. The standard InChI is InChI=1S/C15H17ClFNO3/c1-15(2,3)13(14(20)21)18-12(19)7-5-9-4-6-11(17)10(16)8-9/h4-8,13H,1-3H3,(H,18,19)(H,20,21)/b7-5+/t13-/m1/s1. The van der Waals surface area contributed by atoms with Crippen molar-refractivity contribution in [3.63, 3.8) is 0 Å². The highest BCUT2D eigenvalue weighted by molar-refractivity contribution is 6.30. The van der Waals surface area contributed by atoms with Crippen molar-refractivity contribution in [3.05, 3.63) is 40.7 Å². The van der Waals surface area contributed by atoms with Crippen LogP contribution in [0.5, 0.6) is 0 Å². The first-order valence-electron chi connectivity index (χ1n) is 6.27. The molecule has 0 saturated heterocycles. The molecule has 1 atom stereocenters. The summed E-state index contributed by atoms with van der Waals surface area (Å²) in [5.74, 6) is -2.19. The van der Waals surface area contributed by atoms with E-state index in [1.807, 2.05) is 0 Å². The fourth-order valence-corrected chi connectivity index (χ4v) is 1.82. The molecule has 2 N–H and O–H groups in total. The van der Waals surface area contributed by atoms with E-state index in [1.165, 1.54) is 30.4 Å². The van der Waals surface area contributed by atoms with E-state index in [2.05, 4.69) is 5.32 Å². The van der Waals surface area contributed by atoms with Gasteiger partial charge in [-0.15, -0.1) is 0 Å². The predicted octanol–water partition coefficient (Wildman–Crippen LogP) is 3.11. The van der Waals surface area contributed by atoms with Crippen LogP contribution < -0.4 is 5.32 Å². The van der Waals surface area contributed by atoms with Gasteiger partial charge in [-0.1, -0.05) is 38.4 Å². The maximum Gasteiger partial charge on any atom is 0.326 e. The van der Waals surface area contributed by atoms with Gasteiger partial charge in [0.1, 0.15) is 11.9 Å². The highest BCUT2D eigenvalue weighted by Crippen LogP contribution is 2.20. The van der Waals surface area contributed by atoms with Crippen LogP contribution in [0.3, 0.4) is 0 Å². The second kappa shape index (κ2) is 6.72. The van der Waals surface area contributed by atoms with Gasteiger partial charge in [-0.3, -0.25) is 4.79 Å². The zero-order chi connectivity index (χ0) is 16.2. The van der Waals surface area contributed by atoms with E-state index in [-0.39, 0.29) is 5.02 Å². The van der Waals surface area contributed by atoms with Crippen molar-refractivity contribution in [2.75, 3.05) is 0 Å². The molecule has 0 aromatic heterocycles. The number of carbonyl (C=O) groups excluding carboxylic acids is 1. The summed E-state index contributed by atoms with van der Waals surface area (Å²) in [6, 6.07) is 3.02. The molecule has 0 unspecified atom stereocenters. The summed E-state index contributed by atoms with van der Waals surface area (Å²) >= 11 is 5.63. The Morgan fingerprint density at radius 2 is 2.00 bits per heavy atom. The van der Waals surface area contributed by atoms with Gasteiger partial charge in [0, 0.05) is 6.08 Å². The third-order valence-electron chi connectivity index (χ3n) is 2.77. The molecule has 1 aromatic carbocycles. The van der Waals surface area contributed by atoms with Gasteiger partial charge in [0.2, 0.25) is 5.91 Å². The van der Waals surface area contributed by atoms with Crippen LogP contribution in [-0.2, 0) is 9.59 Å². The molecule has 6 heteroatoms. The van der Waals surface area contributed by atoms with Crippen LogP contribution in [0.4, 0.5) is 4.39 Å². The summed E-state index contributed by atoms with van der Waals surface area (Å²) in [6.45, 7) is 5.15. The van der Waals surface area contributed by atoms with Gasteiger partial charge in [0.25, 0.3) is 0 Å². The molecule has 1 aromatic rings. The SMILES string of the molecule is CC(C)(C)[C@H](NC(=O)/C=C/c1ccc(F)c(Cl)c1)C(=O)O. The average Bonchev–Trinajstić information content (AvgIpc) is 2.35. The van der Waals surface area contributed by atoms with Gasteiger partial charge >= 0.3 is 5.97 Å². The van der Waals surface area contributed by atoms with Crippen molar-refractivity contribution in [1.82, 2.24) is 5.32 Å². The highest BCUT2D eigenvalue weighted by Gasteiger charge is 2.31. The van der Waals surface area contributed by atoms with Crippen molar-refractivity contribution >= 4 is 29.6 Å². The summed E-state index contributed by atoms with van der Waals surface area (Å²) in [4.78, 5) is 22.9. The minimum absolute atomic E-state index is 0.0457. The molecule has 1 rings (SSSR count). The number of benzene rings is 1. The lowest BCUT2D eigenvalue weighted by Crippen LogP contribution is -2.48. The third-order valence-corrected chi connectivity index (χ3v) is 3.06. The van der Waals surface area contributed by atoms with E-state index in [0.29, 0.717) is 5.56 Å². The van der Waals surface area contributed by atoms with Crippen LogP contribution in [0.1, 0.15) is 26.3 Å². The third kappa shape index (κ3) is 5.19. The summed E-state index contributed by atoms with van der Waals surface area (Å²) < 4.78 is 13.0. The molecule has 0 aliphatic rings. The van der Waals surface area contributed by atoms with Crippen LogP contribution in [0.2, 0.25) is 5.02 Å². The topological polar surface area (TPSA) is 66.4 Å². The molecule has 0 heterocycles. The number of hydrogen-bond acceptors (Lipinski definition) is 2. The zero-order valence-corrected chi connectivity index (χ0v) is 12.7. The molecule has 114 valence electrons. The number of hydrogen-bond donors (Lipinski definition) is 2. The Kier molecular flexibility index (Phi) is 5.49. The van der Waals surface area contributed by atoms with E-state index < -0.39 is 29.2 Å². The van der Waals surface area contributed by atoms with Crippen molar-refractivity contribution in [2.45, 2.75) is 26.8 Å². The van der Waals surface area contributed by atoms with Crippen LogP contribution in [-0.4, -0.2) is 23.0 Å². The number of carbonyl (C=O) groups is 2. The van der Waals surface area contributed by atoms with E-state index in [9.17, 15) is 14.0 Å². The monoisotopic (exact) mass is 313 g/mol. The van der Waals surface area contributed by atoms with E-state index in [0.717, 1.165) is 0 Å². The zero-order valence-electron chi connectivity index (χ0n) is 12.0. The summed E-state index contributed by atoms with van der Waals surface area (Å²) in [5.41, 5.74) is -0.0756. The Bertz CT molecular complexity index is 579. The van der Waals surface area contributed by atoms with Crippen LogP contribution in [0, 0.1) is 11.2 Å². The van der Waals surface area contributed by atoms with Crippen molar-refractivity contribution in [3.8, 4) is 0 Å². The molecule has 0 aliphatic carbocycles. The summed E-state index contributed by atoms with van der Waals surface area (Å²) in [6.07, 6.45) is 2.62. The molecular weight excluding hydrogens is 297 g/mol. The molecule has 0 fully saturated rings. The minimum atomic E-state index is -1.10. The number of nitrogens with one attached hydrogen (secondary N) is 1. The quantitative estimate of drug-likeness (QED) is 0.839. The second-order valence-electron chi connectivity index (χ2n) is 5.65. The fraction of sp³-hybridized carbons (Fsp3) is 0.333. The molecule has 4 nitrogen and oxygen atoms in total. The Morgan fingerprint density at radius 3 is 2.48 bits per heavy atom. The molecule has 0 saturated carbocycles. The molecule has 0 bridgehead atoms. The molecule has 1 amide bonds. The smallest absolute Gasteiger partial charge is 0.326 e. The minimum Gasteiger partial charge on any atom is -0.480 e. The van der Waals surface area contributed by atoms with Gasteiger partial charge in [-0.2, -0.15) is 0 Å². The van der Waals surface area contributed by atoms with Crippen molar-refractivity contribution in [2.24, 2.45) is 5.41 Å². The lowest BCUT2D eigenvalue weighted by molar-refractivity contribution is -0.144. The van der Waals surface area contributed by atoms with Crippen molar-refractivity contribution in [1.29, 1.82) is 0 Å². The maximum absolute atomic E-state index is 13.0. The molecular formula is C15H17ClFNO3. The number of rotatable bonds is 4. The van der Waals surface area contributed by atoms with Gasteiger partial charge in [-0.05, 0) is 29.2 Å². The Morgan fingerprint density at radius 1 is 1.38 bits per heavy atom. The molecule has 0 spiro atoms. The largest absolute Gasteiger partial charge is 0.480 e. The Balaban J connectivity index is 2.78. The Labute approximate surface area is 127 Å². The number of carboxylic acid groups (broad SMARTS) is 1. The average molecular weight is 314 g/mol. The van der Waals surface area contributed by atoms with E-state index in [1.54, 1.807) is 20.8 Å². The first-order valence-corrected chi connectivity index (χ1v) is 6.65. The molecule has 0 radical (unpaired) electrons. The first-order chi connectivity index (χ1) is 9.61. The number of halogens is 2.